The molecule has 0 atom stereocenters. The lowest BCUT2D eigenvalue weighted by Crippen LogP contribution is -2.25. The van der Waals surface area contributed by atoms with Crippen molar-refractivity contribution in [3.8, 4) is 0 Å². The van der Waals surface area contributed by atoms with Gasteiger partial charge >= 0.3 is 0 Å². The van der Waals surface area contributed by atoms with Gasteiger partial charge in [-0.05, 0) is 12.8 Å². The molecular weight excluding hydrogens is 212 g/mol. The second kappa shape index (κ2) is 6.38. The Morgan fingerprint density at radius 3 is 3.06 bits per heavy atom. The highest BCUT2D eigenvalue weighted by Gasteiger charge is 2.06. The van der Waals surface area contributed by atoms with Gasteiger partial charge in [0.2, 0.25) is 0 Å². The minimum Gasteiger partial charge on any atom is -0.409 e. The Morgan fingerprint density at radius 1 is 1.62 bits per heavy atom. The number of unbranched alkanes of at least 4 members (excludes halogenated alkanes) is 1. The second-order valence-electron chi connectivity index (χ2n) is 3.16. The highest BCUT2D eigenvalue weighted by atomic mass is 16.4. The average molecular weight is 226 g/mol. The average Bonchev–Trinajstić information content (AvgIpc) is 2.81. The van der Waals surface area contributed by atoms with E-state index < -0.39 is 0 Å². The number of carbonyl (C=O) groups is 1. The van der Waals surface area contributed by atoms with Gasteiger partial charge in [0.05, 0.1) is 6.20 Å². The summed E-state index contributed by atoms with van der Waals surface area (Å²) in [6, 6.07) is 0. The van der Waals surface area contributed by atoms with Gasteiger partial charge in [-0.15, -0.1) is 0 Å². The first kappa shape index (κ1) is 12.0. The fourth-order valence-corrected chi connectivity index (χ4v) is 1.08. The van der Waals surface area contributed by atoms with Crippen molar-refractivity contribution in [1.82, 2.24) is 20.7 Å². The van der Waals surface area contributed by atoms with Crippen LogP contribution in [-0.4, -0.2) is 38.9 Å². The molecule has 16 heavy (non-hydrogen) atoms. The summed E-state index contributed by atoms with van der Waals surface area (Å²) in [5.74, 6) is -0.0691. The molecule has 0 fully saturated rings. The van der Waals surface area contributed by atoms with Crippen LogP contribution in [0.2, 0.25) is 0 Å². The van der Waals surface area contributed by atoms with Crippen LogP contribution in [0.5, 0.6) is 0 Å². The molecule has 0 aliphatic heterocycles. The van der Waals surface area contributed by atoms with E-state index in [2.05, 4.69) is 25.9 Å². The number of carbonyl (C=O) groups excluding carboxylic acids is 1. The number of hydrogen-bond donors (Lipinski definition) is 4. The zero-order valence-corrected chi connectivity index (χ0v) is 8.68. The van der Waals surface area contributed by atoms with E-state index in [-0.39, 0.29) is 17.4 Å². The first-order chi connectivity index (χ1) is 7.74. The first-order valence-electron chi connectivity index (χ1n) is 4.84. The molecule has 0 spiro atoms. The van der Waals surface area contributed by atoms with Crippen molar-refractivity contribution in [3.05, 3.63) is 11.9 Å². The van der Waals surface area contributed by atoms with Crippen molar-refractivity contribution in [2.45, 2.75) is 19.3 Å². The highest BCUT2D eigenvalue weighted by Crippen LogP contribution is 1.94. The zero-order valence-electron chi connectivity index (χ0n) is 8.68. The van der Waals surface area contributed by atoms with Crippen molar-refractivity contribution in [2.75, 3.05) is 6.54 Å². The normalized spacial score (nSPS) is 11.4. The molecule has 1 aromatic heterocycles. The van der Waals surface area contributed by atoms with Crippen LogP contribution in [0, 0.1) is 0 Å². The molecule has 0 aliphatic carbocycles. The summed E-state index contributed by atoms with van der Waals surface area (Å²) in [7, 11) is 0. The number of H-pyrrole nitrogens is 1. The van der Waals surface area contributed by atoms with E-state index in [0.717, 1.165) is 12.8 Å². The fraction of sp³-hybridized carbons (Fsp3) is 0.500. The molecule has 5 N–H and O–H groups in total. The molecule has 1 amide bonds. The van der Waals surface area contributed by atoms with E-state index in [4.69, 9.17) is 10.9 Å². The molecule has 1 rings (SSSR count). The van der Waals surface area contributed by atoms with Crippen LogP contribution in [0.4, 0.5) is 0 Å². The summed E-state index contributed by atoms with van der Waals surface area (Å²) in [4.78, 5) is 11.3. The van der Waals surface area contributed by atoms with E-state index in [1.54, 1.807) is 0 Å². The molecule has 0 aliphatic rings. The van der Waals surface area contributed by atoms with E-state index in [1.165, 1.54) is 6.20 Å². The van der Waals surface area contributed by atoms with Crippen LogP contribution in [0.15, 0.2) is 11.4 Å². The Kier molecular flexibility index (Phi) is 4.77. The summed E-state index contributed by atoms with van der Waals surface area (Å²) in [5.41, 5.74) is 5.54. The maximum Gasteiger partial charge on any atom is 0.273 e. The largest absolute Gasteiger partial charge is 0.409 e. The Bertz CT molecular complexity index is 347. The van der Waals surface area contributed by atoms with Crippen molar-refractivity contribution < 1.29 is 10.0 Å². The monoisotopic (exact) mass is 226 g/mol. The maximum absolute atomic E-state index is 11.3. The number of amides is 1. The van der Waals surface area contributed by atoms with Gasteiger partial charge in [-0.1, -0.05) is 5.16 Å². The van der Waals surface area contributed by atoms with E-state index in [0.29, 0.717) is 13.0 Å². The second-order valence-corrected chi connectivity index (χ2v) is 3.16. The molecule has 1 aromatic rings. The van der Waals surface area contributed by atoms with Gasteiger partial charge in [-0.2, -0.15) is 15.4 Å². The molecule has 0 unspecified atom stereocenters. The SMILES string of the molecule is NC(CCCCNC(=O)c1cn[nH]n1)=NO. The summed E-state index contributed by atoms with van der Waals surface area (Å²) < 4.78 is 0. The summed E-state index contributed by atoms with van der Waals surface area (Å²) in [6.45, 7) is 0.518. The van der Waals surface area contributed by atoms with Crippen LogP contribution in [0.1, 0.15) is 29.8 Å². The van der Waals surface area contributed by atoms with E-state index in [1.807, 2.05) is 0 Å². The lowest BCUT2D eigenvalue weighted by atomic mass is 10.2. The van der Waals surface area contributed by atoms with Crippen LogP contribution in [-0.2, 0) is 0 Å². The van der Waals surface area contributed by atoms with Gasteiger partial charge in [-0.3, -0.25) is 4.79 Å². The molecule has 8 heteroatoms. The maximum atomic E-state index is 11.3. The number of amidine groups is 1. The number of aromatic nitrogens is 3. The Balaban J connectivity index is 2.10. The molecule has 8 nitrogen and oxygen atoms in total. The number of nitrogens with one attached hydrogen (secondary N) is 2. The van der Waals surface area contributed by atoms with Crippen LogP contribution >= 0.6 is 0 Å². The molecule has 0 aromatic carbocycles. The van der Waals surface area contributed by atoms with E-state index in [9.17, 15) is 4.79 Å². The lowest BCUT2D eigenvalue weighted by molar-refractivity contribution is 0.0948. The fourth-order valence-electron chi connectivity index (χ4n) is 1.08. The molecule has 0 radical (unpaired) electrons. The number of oxime groups is 1. The third-order valence-electron chi connectivity index (χ3n) is 1.92. The van der Waals surface area contributed by atoms with Crippen molar-refractivity contribution >= 4 is 11.7 Å². The predicted octanol–water partition coefficient (Wildman–Crippen LogP) is -0.549. The zero-order chi connectivity index (χ0) is 11.8. The Labute approximate surface area is 91.9 Å². The number of rotatable bonds is 6. The minimum atomic E-state index is -0.266. The first-order valence-corrected chi connectivity index (χ1v) is 4.84. The topological polar surface area (TPSA) is 129 Å². The number of nitrogens with two attached hydrogens (primary N) is 1. The number of hydrogen-bond acceptors (Lipinski definition) is 5. The lowest BCUT2D eigenvalue weighted by Gasteiger charge is -2.02. The third kappa shape index (κ3) is 3.95. The van der Waals surface area contributed by atoms with Crippen LogP contribution < -0.4 is 11.1 Å². The molecule has 88 valence electrons. The van der Waals surface area contributed by atoms with Gasteiger partial charge in [0.15, 0.2) is 5.69 Å². The molecule has 0 saturated heterocycles. The molecule has 1 heterocycles. The van der Waals surface area contributed by atoms with Gasteiger partial charge in [0, 0.05) is 13.0 Å². The quantitative estimate of drug-likeness (QED) is 0.170. The third-order valence-corrected chi connectivity index (χ3v) is 1.92. The number of aromatic amines is 1. The minimum absolute atomic E-state index is 0.197. The molecule has 0 saturated carbocycles. The Morgan fingerprint density at radius 2 is 2.44 bits per heavy atom. The van der Waals surface area contributed by atoms with Crippen molar-refractivity contribution in [2.24, 2.45) is 10.9 Å². The van der Waals surface area contributed by atoms with Gasteiger partial charge in [0.25, 0.3) is 5.91 Å². The summed E-state index contributed by atoms with van der Waals surface area (Å²) >= 11 is 0. The summed E-state index contributed by atoms with van der Waals surface area (Å²) in [5, 5.41) is 23.3. The predicted molar refractivity (Wildman–Crippen MR) is 56.0 cm³/mol. The van der Waals surface area contributed by atoms with Crippen LogP contribution in [0.25, 0.3) is 0 Å². The summed E-state index contributed by atoms with van der Waals surface area (Å²) in [6.07, 6.45) is 3.36. The Hall–Kier alpha value is -2.12. The molecular formula is C8H14N6O2. The van der Waals surface area contributed by atoms with Gasteiger partial charge < -0.3 is 16.3 Å². The standard InChI is InChI=1S/C8H14N6O2/c9-7(13-16)3-1-2-4-10-8(15)6-5-11-14-12-6/h5,16H,1-4H2,(H2,9,13)(H,10,15)(H,11,12,14). The van der Waals surface area contributed by atoms with Crippen molar-refractivity contribution in [1.29, 1.82) is 0 Å². The van der Waals surface area contributed by atoms with Gasteiger partial charge in [0.1, 0.15) is 5.84 Å². The van der Waals surface area contributed by atoms with Crippen LogP contribution in [0.3, 0.4) is 0 Å². The number of nitrogens with zero attached hydrogens (tertiary/aromatic N) is 3. The smallest absolute Gasteiger partial charge is 0.273 e. The molecule has 0 bridgehead atoms. The van der Waals surface area contributed by atoms with E-state index >= 15 is 0 Å². The highest BCUT2D eigenvalue weighted by molar-refractivity contribution is 5.91. The van der Waals surface area contributed by atoms with Gasteiger partial charge in [-0.25, -0.2) is 0 Å². The van der Waals surface area contributed by atoms with Crippen molar-refractivity contribution in [3.63, 3.8) is 0 Å².